The predicted molar refractivity (Wildman–Crippen MR) is 241 cm³/mol. The third-order valence-corrected chi connectivity index (χ3v) is 13.6. The monoisotopic (exact) mass is 1110 g/mol. The number of halogens is 2. The van der Waals surface area contributed by atoms with Gasteiger partial charge in [-0.2, -0.15) is 0 Å². The van der Waals surface area contributed by atoms with Crippen LogP contribution in [-0.2, 0) is 95.2 Å². The van der Waals surface area contributed by atoms with E-state index >= 15 is 0 Å². The number of hydrogen-bond donors (Lipinski definition) is 11. The topological polar surface area (TPSA) is 428 Å². The molecule has 0 spiro atoms. The molecule has 4 aromatic heterocycles. The molecule has 0 amide bonds. The van der Waals surface area contributed by atoms with Gasteiger partial charge in [0, 0.05) is 6.61 Å². The van der Waals surface area contributed by atoms with Crippen molar-refractivity contribution >= 4 is 23.2 Å². The Bertz CT molecular complexity index is 2370. The molecule has 0 radical (unpaired) electrons. The molecule has 32 nitrogen and oxygen atoms in total. The molecule has 4 fully saturated rings. The van der Waals surface area contributed by atoms with Gasteiger partial charge in [0.2, 0.25) is 5.79 Å². The first-order valence-corrected chi connectivity index (χ1v) is 24.9. The number of rotatable bonds is 25. The van der Waals surface area contributed by atoms with E-state index in [2.05, 4.69) is 41.2 Å². The lowest BCUT2D eigenvalue weighted by Crippen LogP contribution is -2.61. The molecular weight excluding hydrogens is 1050 g/mol. The molecule has 2 unspecified atom stereocenters. The Morgan fingerprint density at radius 2 is 0.987 bits per heavy atom. The second kappa shape index (κ2) is 25.9. The average Bonchev–Trinajstić information content (AvgIpc) is 4.28. The van der Waals surface area contributed by atoms with Crippen molar-refractivity contribution in [3.05, 3.63) is 47.6 Å². The molecule has 8 heterocycles. The van der Waals surface area contributed by atoms with Crippen molar-refractivity contribution in [1.29, 1.82) is 0 Å². The molecule has 8 rings (SSSR count). The molecular formula is C41H62Cl2N12O20. The molecule has 19 atom stereocenters. The van der Waals surface area contributed by atoms with Crippen LogP contribution in [0.1, 0.15) is 36.1 Å². The number of aliphatic hydroxyl groups is 11. The van der Waals surface area contributed by atoms with Crippen LogP contribution in [0.4, 0.5) is 0 Å². The summed E-state index contributed by atoms with van der Waals surface area (Å²) in [5.41, 5.74) is 1.37. The van der Waals surface area contributed by atoms with Crippen LogP contribution in [0.3, 0.4) is 0 Å². The van der Waals surface area contributed by atoms with E-state index in [1.807, 2.05) is 6.92 Å². The summed E-state index contributed by atoms with van der Waals surface area (Å²) in [6, 6.07) is 0. The molecule has 4 aliphatic rings. The molecule has 0 saturated carbocycles. The van der Waals surface area contributed by atoms with Gasteiger partial charge in [0.25, 0.3) is 0 Å². The van der Waals surface area contributed by atoms with Gasteiger partial charge in [-0.1, -0.05) is 27.8 Å². The minimum atomic E-state index is -2.11. The summed E-state index contributed by atoms with van der Waals surface area (Å²) in [6.07, 6.45) is -18.3. The molecule has 0 bridgehead atoms. The Morgan fingerprint density at radius 3 is 1.48 bits per heavy atom. The Kier molecular flexibility index (Phi) is 19.8. The highest BCUT2D eigenvalue weighted by Crippen LogP contribution is 2.38. The van der Waals surface area contributed by atoms with Crippen molar-refractivity contribution in [3.8, 4) is 0 Å². The van der Waals surface area contributed by atoms with Gasteiger partial charge in [-0.25, -0.2) is 18.7 Å². The van der Waals surface area contributed by atoms with Gasteiger partial charge < -0.3 is 98.8 Å². The predicted octanol–water partition coefficient (Wildman–Crippen LogP) is -6.64. The second-order valence-electron chi connectivity index (χ2n) is 18.3. The van der Waals surface area contributed by atoms with Crippen molar-refractivity contribution in [1.82, 2.24) is 60.0 Å². The Hall–Kier alpha value is -3.66. The van der Waals surface area contributed by atoms with Crippen molar-refractivity contribution in [2.24, 2.45) is 0 Å². The number of hydrogen-bond acceptors (Lipinski definition) is 28. The van der Waals surface area contributed by atoms with E-state index in [9.17, 15) is 56.2 Å². The van der Waals surface area contributed by atoms with Crippen LogP contribution in [0.25, 0.3) is 0 Å². The molecule has 4 aromatic rings. The highest BCUT2D eigenvalue weighted by atomic mass is 35.5. The van der Waals surface area contributed by atoms with Crippen LogP contribution < -0.4 is 0 Å². The first kappa shape index (κ1) is 57.5. The quantitative estimate of drug-likeness (QED) is 0.0217. The lowest BCUT2D eigenvalue weighted by atomic mass is 9.99. The zero-order valence-electron chi connectivity index (χ0n) is 40.1. The maximum Gasteiger partial charge on any atom is 0.214 e. The van der Waals surface area contributed by atoms with Gasteiger partial charge in [0.1, 0.15) is 108 Å². The minimum Gasteiger partial charge on any atom is -0.394 e. The minimum absolute atomic E-state index is 0.0595. The fourth-order valence-corrected chi connectivity index (χ4v) is 9.11. The Morgan fingerprint density at radius 1 is 0.533 bits per heavy atom. The normalized spacial score (nSPS) is 36.4. The molecule has 11 N–H and O–H groups in total. The van der Waals surface area contributed by atoms with Gasteiger partial charge in [0.05, 0.1) is 102 Å². The number of ether oxygens (including phenoxy) is 9. The zero-order chi connectivity index (χ0) is 53.6. The van der Waals surface area contributed by atoms with Crippen molar-refractivity contribution in [3.63, 3.8) is 0 Å². The lowest BCUT2D eigenvalue weighted by molar-refractivity contribution is -0.358. The third kappa shape index (κ3) is 13.6. The third-order valence-electron chi connectivity index (χ3n) is 12.7. The van der Waals surface area contributed by atoms with E-state index in [0.29, 0.717) is 36.8 Å². The SMILES string of the molecule is CCCOCCn1cc(CO[C@H]2O[C@H](Cn3cc(CO[C@H]4O[C@H](Cn5cc(COCc6cn(C[C@H]7OC(CCl)(O[C@H]8OC(CO)[C@H](Cl)[C@H](O)[C@H]8O)[C@@H](O)[C@@H]7O)nn6)nn5)[C@@H](O)[C@H](O)[C@@H]4O)nn3)[C@@H](O)[C@H](O)[C@@H]2O)nn1. The first-order valence-electron chi connectivity index (χ1n) is 23.9. The molecule has 4 saturated heterocycles. The van der Waals surface area contributed by atoms with E-state index < -0.39 is 128 Å². The van der Waals surface area contributed by atoms with Gasteiger partial charge in [-0.05, 0) is 6.42 Å². The van der Waals surface area contributed by atoms with Crippen LogP contribution >= 0.6 is 23.2 Å². The van der Waals surface area contributed by atoms with Crippen LogP contribution in [0.15, 0.2) is 24.8 Å². The lowest BCUT2D eigenvalue weighted by Gasteiger charge is -2.43. The summed E-state index contributed by atoms with van der Waals surface area (Å²) in [7, 11) is 0. The Balaban J connectivity index is 0.772. The summed E-state index contributed by atoms with van der Waals surface area (Å²) in [5, 5.41) is 148. The van der Waals surface area contributed by atoms with Crippen LogP contribution in [0, 0.1) is 0 Å². The second-order valence-corrected chi connectivity index (χ2v) is 19.1. The summed E-state index contributed by atoms with van der Waals surface area (Å²) < 4.78 is 56.9. The number of alkyl halides is 2. The fraction of sp³-hybridized carbons (Fsp3) is 0.805. The van der Waals surface area contributed by atoms with Crippen molar-refractivity contribution < 1.29 is 98.8 Å². The molecule has 4 aliphatic heterocycles. The van der Waals surface area contributed by atoms with E-state index in [1.165, 1.54) is 32.6 Å². The van der Waals surface area contributed by atoms with Crippen LogP contribution in [-0.4, -0.2) is 257 Å². The van der Waals surface area contributed by atoms with Crippen molar-refractivity contribution in [2.75, 3.05) is 25.7 Å². The van der Waals surface area contributed by atoms with Crippen molar-refractivity contribution in [2.45, 2.75) is 181 Å². The van der Waals surface area contributed by atoms with Gasteiger partial charge in [0.15, 0.2) is 18.9 Å². The maximum absolute atomic E-state index is 10.9. The summed E-state index contributed by atoms with van der Waals surface area (Å²) >= 11 is 12.2. The Labute approximate surface area is 435 Å². The average molecular weight is 1110 g/mol. The number of nitrogens with zero attached hydrogens (tertiary/aromatic N) is 12. The number of aliphatic hydroxyl groups excluding tert-OH is 11. The fourth-order valence-electron chi connectivity index (χ4n) is 8.54. The molecule has 75 heavy (non-hydrogen) atoms. The summed E-state index contributed by atoms with van der Waals surface area (Å²) in [4.78, 5) is 0. The zero-order valence-corrected chi connectivity index (χ0v) is 41.6. The van der Waals surface area contributed by atoms with Gasteiger partial charge in [-0.15, -0.1) is 43.6 Å². The first-order chi connectivity index (χ1) is 36.0. The van der Waals surface area contributed by atoms with Gasteiger partial charge in [-0.3, -0.25) is 0 Å². The smallest absolute Gasteiger partial charge is 0.214 e. The molecule has 34 heteroatoms. The highest BCUT2D eigenvalue weighted by molar-refractivity contribution is 6.21. The maximum atomic E-state index is 10.9. The molecule has 420 valence electrons. The van der Waals surface area contributed by atoms with Gasteiger partial charge >= 0.3 is 0 Å². The van der Waals surface area contributed by atoms with E-state index in [-0.39, 0.29) is 51.8 Å². The largest absolute Gasteiger partial charge is 0.394 e. The van der Waals surface area contributed by atoms with E-state index in [0.717, 1.165) is 6.42 Å². The van der Waals surface area contributed by atoms with Crippen LogP contribution in [0.5, 0.6) is 0 Å². The molecule has 0 aromatic carbocycles. The van der Waals surface area contributed by atoms with E-state index in [4.69, 9.17) is 65.8 Å². The van der Waals surface area contributed by atoms with E-state index in [1.54, 1.807) is 10.9 Å². The standard InChI is InChI=1S/C41H62Cl2N12O20/c1-2-4-67-5-3-52-6-21(46-48-52)16-69-38-35(64)33(62)29(58)24(72-38)11-54-9-22(47-51-54)17-70-39-36(65)32(61)28(57)23(71-39)10-53-7-19(44-49-53)14-68-15-20-8-55(50-45-20)12-25-30(59)37(66)41(18-42,74-25)75-40-34(63)31(60)27(43)26(13-56)73-40/h6-9,23-40,56-66H,2-5,10-18H2,1H3/t23-,24-,25-,26?,27+,28-,29-,30-,31+,32+,33+,34-,35+,36+,37+,38+,39+,40-,41?/m1/s1. The highest BCUT2D eigenvalue weighted by Gasteiger charge is 2.58. The summed E-state index contributed by atoms with van der Waals surface area (Å²) in [5.74, 6) is -2.65. The summed E-state index contributed by atoms with van der Waals surface area (Å²) in [6.45, 7) is 1.99. The van der Waals surface area contributed by atoms with Crippen LogP contribution in [0.2, 0.25) is 0 Å². The molecule has 0 aliphatic carbocycles. The number of aromatic nitrogens is 12.